The lowest BCUT2D eigenvalue weighted by atomic mass is 9.96. The number of hydrogen-bond acceptors (Lipinski definition) is 4. The number of nitrogens with zero attached hydrogens (tertiary/aromatic N) is 2. The smallest absolute Gasteiger partial charge is 0.242 e. The van der Waals surface area contributed by atoms with Crippen LogP contribution in [0.4, 0.5) is 5.69 Å². The van der Waals surface area contributed by atoms with Crippen molar-refractivity contribution in [3.8, 4) is 0 Å². The van der Waals surface area contributed by atoms with E-state index in [1.165, 1.54) is 12.5 Å². The van der Waals surface area contributed by atoms with E-state index in [1.54, 1.807) is 4.90 Å². The van der Waals surface area contributed by atoms with Gasteiger partial charge in [-0.2, -0.15) is 0 Å². The summed E-state index contributed by atoms with van der Waals surface area (Å²) >= 11 is 0. The van der Waals surface area contributed by atoms with Crippen LogP contribution in [0, 0.1) is 0 Å². The Morgan fingerprint density at radius 3 is 2.70 bits per heavy atom. The highest BCUT2D eigenvalue weighted by Gasteiger charge is 2.45. The number of carbonyl (C=O) groups is 2. The summed E-state index contributed by atoms with van der Waals surface area (Å²) in [5.74, 6) is 0.575. The summed E-state index contributed by atoms with van der Waals surface area (Å²) in [6, 6.07) is 18.3. The number of aliphatic imine (C=N–C) groups is 1. The normalized spacial score (nSPS) is 21.8. The minimum Gasteiger partial charge on any atom is -0.347 e. The quantitative estimate of drug-likeness (QED) is 0.725. The zero-order valence-electron chi connectivity index (χ0n) is 17.1. The molecule has 30 heavy (non-hydrogen) atoms. The van der Waals surface area contributed by atoms with E-state index in [9.17, 15) is 9.59 Å². The van der Waals surface area contributed by atoms with Gasteiger partial charge >= 0.3 is 0 Å². The van der Waals surface area contributed by atoms with Gasteiger partial charge in [-0.1, -0.05) is 48.5 Å². The molecule has 156 valence electrons. The van der Waals surface area contributed by atoms with Gasteiger partial charge in [0, 0.05) is 32.2 Å². The molecule has 4 rings (SSSR count). The molecule has 1 spiro atoms. The second-order valence-corrected chi connectivity index (χ2v) is 7.84. The molecule has 1 saturated heterocycles. The number of fused-ring (bicyclic) bond motifs is 1. The highest BCUT2D eigenvalue weighted by molar-refractivity contribution is 6.04. The van der Waals surface area contributed by atoms with Crippen LogP contribution in [-0.2, 0) is 22.7 Å². The van der Waals surface area contributed by atoms with Gasteiger partial charge in [0.2, 0.25) is 11.8 Å². The van der Waals surface area contributed by atoms with Gasteiger partial charge in [0.05, 0.1) is 18.6 Å². The predicted molar refractivity (Wildman–Crippen MR) is 117 cm³/mol. The van der Waals surface area contributed by atoms with Crippen LogP contribution in [-0.4, -0.2) is 47.7 Å². The van der Waals surface area contributed by atoms with E-state index in [4.69, 9.17) is 4.99 Å². The summed E-state index contributed by atoms with van der Waals surface area (Å²) in [7, 11) is 0. The van der Waals surface area contributed by atoms with E-state index in [2.05, 4.69) is 40.2 Å². The number of carbonyl (C=O) groups excluding carboxylic acids is 2. The Labute approximate surface area is 176 Å². The highest BCUT2D eigenvalue weighted by atomic mass is 16.2. The average Bonchev–Trinajstić information content (AvgIpc) is 3.13. The van der Waals surface area contributed by atoms with Gasteiger partial charge in [-0.05, 0) is 23.6 Å². The molecule has 1 atom stereocenters. The molecule has 2 aliphatic heterocycles. The second-order valence-electron chi connectivity index (χ2n) is 7.84. The molecule has 1 fully saturated rings. The molecule has 2 aromatic carbocycles. The maximum Gasteiger partial charge on any atom is 0.242 e. The first kappa shape index (κ1) is 20.1. The van der Waals surface area contributed by atoms with Crippen molar-refractivity contribution in [2.24, 2.45) is 4.99 Å². The molecule has 0 aliphatic carbocycles. The molecule has 3 N–H and O–H groups in total. The van der Waals surface area contributed by atoms with Crippen LogP contribution in [0.25, 0.3) is 0 Å². The Bertz CT molecular complexity index is 959. The second kappa shape index (κ2) is 8.67. The number of likely N-dealkylation sites (tertiary alicyclic amines) is 1. The number of rotatable bonds is 4. The molecule has 7 heteroatoms. The summed E-state index contributed by atoms with van der Waals surface area (Å²) in [6.45, 7) is 3.83. The Hall–Kier alpha value is -3.19. The summed E-state index contributed by atoms with van der Waals surface area (Å²) in [5, 5.41) is 9.83. The lowest BCUT2D eigenvalue weighted by Gasteiger charge is -2.30. The van der Waals surface area contributed by atoms with Crippen molar-refractivity contribution < 1.29 is 9.59 Å². The monoisotopic (exact) mass is 405 g/mol. The summed E-state index contributed by atoms with van der Waals surface area (Å²) < 4.78 is 0. The lowest BCUT2D eigenvalue weighted by Crippen LogP contribution is -2.55. The lowest BCUT2D eigenvalue weighted by molar-refractivity contribution is -0.131. The van der Waals surface area contributed by atoms with Gasteiger partial charge < -0.3 is 15.5 Å². The van der Waals surface area contributed by atoms with Crippen molar-refractivity contribution in [2.45, 2.75) is 32.0 Å². The number of para-hydroxylation sites is 1. The van der Waals surface area contributed by atoms with E-state index < -0.39 is 5.54 Å². The topological polar surface area (TPSA) is 85.8 Å². The standard InChI is InChI=1S/C23H27N5O2/c1-17(29)24-15-21(30)28-12-11-23(16-28)22(25-13-18-7-3-2-4-8-18)27-20-10-6-5-9-19(20)14-26-23/h2-10,26H,11-16H2,1H3,(H,24,29)(H,25,27). The zero-order chi connectivity index (χ0) is 21.0. The molecule has 2 aliphatic rings. The largest absolute Gasteiger partial charge is 0.347 e. The van der Waals surface area contributed by atoms with E-state index in [-0.39, 0.29) is 18.4 Å². The fraction of sp³-hybridized carbons (Fsp3) is 0.348. The molecule has 1 unspecified atom stereocenters. The predicted octanol–water partition coefficient (Wildman–Crippen LogP) is 1.91. The Balaban J connectivity index is 1.59. The summed E-state index contributed by atoms with van der Waals surface area (Å²) in [5.41, 5.74) is 2.90. The Morgan fingerprint density at radius 2 is 1.90 bits per heavy atom. The molecule has 0 aromatic heterocycles. The van der Waals surface area contributed by atoms with Crippen molar-refractivity contribution >= 4 is 23.3 Å². The first-order valence-corrected chi connectivity index (χ1v) is 10.3. The molecule has 0 saturated carbocycles. The van der Waals surface area contributed by atoms with Crippen molar-refractivity contribution in [1.29, 1.82) is 0 Å². The zero-order valence-corrected chi connectivity index (χ0v) is 17.1. The van der Waals surface area contributed by atoms with Gasteiger partial charge in [0.1, 0.15) is 5.84 Å². The molecule has 0 bridgehead atoms. The molecule has 7 nitrogen and oxygen atoms in total. The average molecular weight is 406 g/mol. The van der Waals surface area contributed by atoms with Crippen LogP contribution in [0.2, 0.25) is 0 Å². The highest BCUT2D eigenvalue weighted by Crippen LogP contribution is 2.29. The van der Waals surface area contributed by atoms with Crippen molar-refractivity contribution in [3.63, 3.8) is 0 Å². The molecular formula is C23H27N5O2. The maximum absolute atomic E-state index is 12.6. The first-order chi connectivity index (χ1) is 14.6. The van der Waals surface area contributed by atoms with Gasteiger partial charge in [0.15, 0.2) is 0 Å². The van der Waals surface area contributed by atoms with Crippen LogP contribution in [0.1, 0.15) is 24.5 Å². The van der Waals surface area contributed by atoms with Crippen LogP contribution < -0.4 is 16.0 Å². The van der Waals surface area contributed by atoms with Crippen molar-refractivity contribution in [1.82, 2.24) is 15.5 Å². The third-order valence-electron chi connectivity index (χ3n) is 5.71. The molecule has 2 heterocycles. The third kappa shape index (κ3) is 4.36. The van der Waals surface area contributed by atoms with E-state index >= 15 is 0 Å². The number of amides is 2. The number of benzene rings is 2. The first-order valence-electron chi connectivity index (χ1n) is 10.3. The number of hydrogen-bond donors (Lipinski definition) is 3. The number of amidine groups is 1. The van der Waals surface area contributed by atoms with Gasteiger partial charge in [0.25, 0.3) is 0 Å². The minimum absolute atomic E-state index is 0.0234. The molecule has 2 amide bonds. The summed E-state index contributed by atoms with van der Waals surface area (Å²) in [4.78, 5) is 30.5. The van der Waals surface area contributed by atoms with E-state index in [1.807, 2.05) is 30.3 Å². The Morgan fingerprint density at radius 1 is 1.13 bits per heavy atom. The maximum atomic E-state index is 12.6. The van der Waals surface area contributed by atoms with Gasteiger partial charge in [-0.3, -0.25) is 19.9 Å². The summed E-state index contributed by atoms with van der Waals surface area (Å²) in [6.07, 6.45) is 0.757. The molecular weight excluding hydrogens is 378 g/mol. The molecule has 2 aromatic rings. The van der Waals surface area contributed by atoms with Crippen molar-refractivity contribution in [2.75, 3.05) is 25.0 Å². The van der Waals surface area contributed by atoms with Gasteiger partial charge in [-0.15, -0.1) is 0 Å². The van der Waals surface area contributed by atoms with E-state index in [0.29, 0.717) is 26.2 Å². The third-order valence-corrected chi connectivity index (χ3v) is 5.71. The minimum atomic E-state index is -0.445. The van der Waals surface area contributed by atoms with Crippen molar-refractivity contribution in [3.05, 3.63) is 65.7 Å². The van der Waals surface area contributed by atoms with Crippen LogP contribution in [0.5, 0.6) is 0 Å². The molecule has 0 radical (unpaired) electrons. The number of nitrogens with one attached hydrogen (secondary N) is 3. The van der Waals surface area contributed by atoms with Crippen LogP contribution in [0.3, 0.4) is 0 Å². The number of anilines is 1. The Kier molecular flexibility index (Phi) is 5.81. The fourth-order valence-corrected chi connectivity index (χ4v) is 4.01. The van der Waals surface area contributed by atoms with Crippen LogP contribution >= 0.6 is 0 Å². The van der Waals surface area contributed by atoms with Crippen LogP contribution in [0.15, 0.2) is 59.6 Å². The fourth-order valence-electron chi connectivity index (χ4n) is 4.01. The van der Waals surface area contributed by atoms with E-state index in [0.717, 1.165) is 23.5 Å². The SMILES string of the molecule is CC(=O)NCC(=O)N1CCC2(C1)NCc1ccccc1NC2=NCc1ccccc1. The van der Waals surface area contributed by atoms with Gasteiger partial charge in [-0.25, -0.2) is 0 Å².